The number of benzene rings is 2. The molecule has 1 heterocycles. The number of rotatable bonds is 4. The fourth-order valence-corrected chi connectivity index (χ4v) is 3.77. The number of likely N-dealkylation sites (N-methyl/N-ethyl adjacent to an activating group) is 1. The Labute approximate surface area is 163 Å². The van der Waals surface area contributed by atoms with Gasteiger partial charge in [-0.25, -0.2) is 0 Å². The van der Waals surface area contributed by atoms with Crippen LogP contribution in [0.4, 0.5) is 0 Å². The lowest BCUT2D eigenvalue weighted by Crippen LogP contribution is -2.44. The number of amides is 1. The van der Waals surface area contributed by atoms with Gasteiger partial charge in [-0.2, -0.15) is 0 Å². The van der Waals surface area contributed by atoms with Gasteiger partial charge in [0.1, 0.15) is 5.75 Å². The molecule has 0 saturated heterocycles. The second-order valence-electron chi connectivity index (χ2n) is 6.92. The maximum absolute atomic E-state index is 13.0. The molecule has 1 aliphatic rings. The first-order valence-corrected chi connectivity index (χ1v) is 9.30. The van der Waals surface area contributed by atoms with Crippen LogP contribution < -0.4 is 0 Å². The van der Waals surface area contributed by atoms with Crippen LogP contribution in [0.15, 0.2) is 36.4 Å². The van der Waals surface area contributed by atoms with E-state index in [4.69, 9.17) is 23.2 Å². The quantitative estimate of drug-likeness (QED) is 0.856. The molecule has 3 rings (SSSR count). The summed E-state index contributed by atoms with van der Waals surface area (Å²) in [6.45, 7) is 1.36. The molecule has 1 atom stereocenters. The van der Waals surface area contributed by atoms with Crippen LogP contribution in [0.3, 0.4) is 0 Å². The number of carbonyl (C=O) groups excluding carboxylic acids is 1. The third kappa shape index (κ3) is 4.14. The van der Waals surface area contributed by atoms with Gasteiger partial charge in [-0.15, -0.1) is 0 Å². The predicted molar refractivity (Wildman–Crippen MR) is 105 cm³/mol. The second kappa shape index (κ2) is 7.87. The van der Waals surface area contributed by atoms with Gasteiger partial charge in [-0.3, -0.25) is 4.79 Å². The topological polar surface area (TPSA) is 43.8 Å². The van der Waals surface area contributed by atoms with Crippen LogP contribution in [0.25, 0.3) is 0 Å². The Hall–Kier alpha value is -1.75. The number of aromatic hydroxyl groups is 1. The van der Waals surface area contributed by atoms with Gasteiger partial charge in [0.2, 0.25) is 5.91 Å². The molecule has 1 amide bonds. The molecular formula is C20H22Cl2N2O2. The Morgan fingerprint density at radius 3 is 2.65 bits per heavy atom. The predicted octanol–water partition coefficient (Wildman–Crippen LogP) is 3.93. The normalized spacial score (nSPS) is 16.7. The van der Waals surface area contributed by atoms with E-state index < -0.39 is 0 Å². The molecule has 2 aromatic carbocycles. The number of hydrogen-bond donors (Lipinski definition) is 1. The van der Waals surface area contributed by atoms with E-state index in [1.807, 2.05) is 31.1 Å². The van der Waals surface area contributed by atoms with Gasteiger partial charge in [0.15, 0.2) is 0 Å². The molecule has 0 aliphatic carbocycles. The number of hydrogen-bond acceptors (Lipinski definition) is 3. The van der Waals surface area contributed by atoms with Gasteiger partial charge in [0.05, 0.1) is 22.5 Å². The van der Waals surface area contributed by atoms with E-state index in [9.17, 15) is 9.90 Å². The van der Waals surface area contributed by atoms with Crippen LogP contribution in [0.1, 0.15) is 22.7 Å². The van der Waals surface area contributed by atoms with Crippen LogP contribution in [0.2, 0.25) is 10.0 Å². The molecule has 0 fully saturated rings. The lowest BCUT2D eigenvalue weighted by Gasteiger charge is -2.39. The van der Waals surface area contributed by atoms with E-state index in [2.05, 4.69) is 4.90 Å². The van der Waals surface area contributed by atoms with Crippen molar-refractivity contribution < 1.29 is 9.90 Å². The molecule has 1 N–H and O–H groups in total. The third-order valence-electron chi connectivity index (χ3n) is 4.68. The molecule has 1 unspecified atom stereocenters. The van der Waals surface area contributed by atoms with E-state index in [0.717, 1.165) is 17.5 Å². The van der Waals surface area contributed by atoms with Crippen molar-refractivity contribution in [3.05, 3.63) is 63.1 Å². The number of carbonyl (C=O) groups is 1. The van der Waals surface area contributed by atoms with Crippen molar-refractivity contribution in [3.8, 4) is 5.75 Å². The van der Waals surface area contributed by atoms with E-state index in [1.54, 1.807) is 24.3 Å². The van der Waals surface area contributed by atoms with Crippen LogP contribution >= 0.6 is 23.2 Å². The van der Waals surface area contributed by atoms with Crippen LogP contribution in [-0.2, 0) is 17.6 Å². The summed E-state index contributed by atoms with van der Waals surface area (Å²) in [6.07, 6.45) is 1.06. The molecule has 26 heavy (non-hydrogen) atoms. The number of fused-ring (bicyclic) bond motifs is 1. The average Bonchev–Trinajstić information content (AvgIpc) is 2.58. The van der Waals surface area contributed by atoms with Gasteiger partial charge >= 0.3 is 0 Å². The summed E-state index contributed by atoms with van der Waals surface area (Å²) in [5.74, 6) is 0.274. The third-order valence-corrected chi connectivity index (χ3v) is 5.42. The fourth-order valence-electron chi connectivity index (χ4n) is 3.45. The number of phenolic OH excluding ortho intramolecular Hbond substituents is 1. The molecule has 0 radical (unpaired) electrons. The Morgan fingerprint density at radius 2 is 1.96 bits per heavy atom. The van der Waals surface area contributed by atoms with Gasteiger partial charge in [-0.05, 0) is 61.5 Å². The highest BCUT2D eigenvalue weighted by molar-refractivity contribution is 6.42. The molecule has 138 valence electrons. The van der Waals surface area contributed by atoms with Gasteiger partial charge < -0.3 is 14.9 Å². The largest absolute Gasteiger partial charge is 0.508 e. The number of nitrogens with zero attached hydrogens (tertiary/aromatic N) is 2. The summed E-state index contributed by atoms with van der Waals surface area (Å²) in [7, 11) is 3.97. The van der Waals surface area contributed by atoms with E-state index in [-0.39, 0.29) is 24.1 Å². The number of halogens is 2. The smallest absolute Gasteiger partial charge is 0.227 e. The van der Waals surface area contributed by atoms with Crippen molar-refractivity contribution in [1.82, 2.24) is 9.80 Å². The van der Waals surface area contributed by atoms with Crippen molar-refractivity contribution in [2.45, 2.75) is 18.9 Å². The minimum Gasteiger partial charge on any atom is -0.508 e. The highest BCUT2D eigenvalue weighted by atomic mass is 35.5. The zero-order valence-electron chi connectivity index (χ0n) is 14.9. The van der Waals surface area contributed by atoms with Crippen molar-refractivity contribution in [2.24, 2.45) is 0 Å². The van der Waals surface area contributed by atoms with Crippen molar-refractivity contribution >= 4 is 29.1 Å². The standard InChI is InChI=1S/C20H22Cl2N2O2/c1-23(2)12-19-16-11-15(25)5-4-14(16)7-8-24(19)20(26)10-13-3-6-17(21)18(22)9-13/h3-6,9,11,19,25H,7-8,10,12H2,1-2H3. The lowest BCUT2D eigenvalue weighted by molar-refractivity contribution is -0.133. The van der Waals surface area contributed by atoms with Gasteiger partial charge in [-0.1, -0.05) is 35.3 Å². The van der Waals surface area contributed by atoms with E-state index >= 15 is 0 Å². The molecule has 4 nitrogen and oxygen atoms in total. The highest BCUT2D eigenvalue weighted by Gasteiger charge is 2.31. The van der Waals surface area contributed by atoms with Gasteiger partial charge in [0.25, 0.3) is 0 Å². The lowest BCUT2D eigenvalue weighted by atomic mass is 9.91. The maximum Gasteiger partial charge on any atom is 0.227 e. The van der Waals surface area contributed by atoms with Crippen molar-refractivity contribution in [1.29, 1.82) is 0 Å². The minimum absolute atomic E-state index is 0.0456. The van der Waals surface area contributed by atoms with Crippen molar-refractivity contribution in [3.63, 3.8) is 0 Å². The van der Waals surface area contributed by atoms with E-state index in [1.165, 1.54) is 5.56 Å². The fraction of sp³-hybridized carbons (Fsp3) is 0.350. The molecular weight excluding hydrogens is 371 g/mol. The van der Waals surface area contributed by atoms with Crippen molar-refractivity contribution in [2.75, 3.05) is 27.2 Å². The second-order valence-corrected chi connectivity index (χ2v) is 7.74. The Balaban J connectivity index is 1.87. The maximum atomic E-state index is 13.0. The first-order chi connectivity index (χ1) is 12.3. The Morgan fingerprint density at radius 1 is 1.19 bits per heavy atom. The number of phenols is 1. The summed E-state index contributed by atoms with van der Waals surface area (Å²) in [5, 5.41) is 10.8. The summed E-state index contributed by atoms with van der Waals surface area (Å²) in [4.78, 5) is 17.0. The molecule has 0 aromatic heterocycles. The summed E-state index contributed by atoms with van der Waals surface area (Å²) >= 11 is 12.0. The van der Waals surface area contributed by atoms with E-state index in [0.29, 0.717) is 23.1 Å². The molecule has 0 saturated carbocycles. The average molecular weight is 393 g/mol. The monoisotopic (exact) mass is 392 g/mol. The Kier molecular flexibility index (Phi) is 5.76. The molecule has 0 bridgehead atoms. The van der Waals surface area contributed by atoms with Gasteiger partial charge in [0, 0.05) is 13.1 Å². The zero-order valence-corrected chi connectivity index (χ0v) is 16.4. The summed E-state index contributed by atoms with van der Waals surface area (Å²) in [5.41, 5.74) is 3.05. The van der Waals surface area contributed by atoms with Crippen LogP contribution in [0.5, 0.6) is 5.75 Å². The Bertz CT molecular complexity index is 823. The minimum atomic E-state index is -0.0869. The highest BCUT2D eigenvalue weighted by Crippen LogP contribution is 2.33. The first-order valence-electron chi connectivity index (χ1n) is 8.55. The SMILES string of the molecule is CN(C)CC1c2cc(O)ccc2CCN1C(=O)Cc1ccc(Cl)c(Cl)c1. The van der Waals surface area contributed by atoms with Crippen LogP contribution in [-0.4, -0.2) is 48.0 Å². The summed E-state index contributed by atoms with van der Waals surface area (Å²) < 4.78 is 0. The van der Waals surface area contributed by atoms with Crippen LogP contribution in [0, 0.1) is 0 Å². The molecule has 2 aromatic rings. The zero-order chi connectivity index (χ0) is 18.8. The molecule has 6 heteroatoms. The molecule has 0 spiro atoms. The first kappa shape index (κ1) is 19.0. The summed E-state index contributed by atoms with van der Waals surface area (Å²) in [6, 6.07) is 10.6. The molecule has 1 aliphatic heterocycles.